The lowest BCUT2D eigenvalue weighted by atomic mass is 10.4. The quantitative estimate of drug-likeness (QED) is 0.587. The van der Waals surface area contributed by atoms with Crippen LogP contribution in [0.2, 0.25) is 0 Å². The van der Waals surface area contributed by atoms with Crippen molar-refractivity contribution >= 4 is 34.5 Å². The number of aromatic nitrogens is 1. The van der Waals surface area contributed by atoms with Crippen molar-refractivity contribution in [3.05, 3.63) is 15.6 Å². The molecule has 0 unspecified atom stereocenters. The number of methoxy groups -OCH3 is 1. The number of carbonyl (C=O) groups is 1. The van der Waals surface area contributed by atoms with E-state index in [1.807, 2.05) is 0 Å². The van der Waals surface area contributed by atoms with Crippen molar-refractivity contribution in [2.45, 2.75) is 6.92 Å². The molecule has 1 aromatic heterocycles. The molecule has 4 nitrogen and oxygen atoms in total. The third kappa shape index (κ3) is 2.02. The first-order chi connectivity index (χ1) is 6.06. The molecule has 6 heteroatoms. The van der Waals surface area contributed by atoms with Crippen LogP contribution in [0.3, 0.4) is 0 Å². The highest BCUT2D eigenvalue weighted by atomic mass is 32.1. The highest BCUT2D eigenvalue weighted by molar-refractivity contribution is 7.81. The van der Waals surface area contributed by atoms with Crippen LogP contribution >= 0.6 is 23.6 Å². The molecule has 0 aliphatic heterocycles. The molecule has 0 radical (unpaired) electrons. The van der Waals surface area contributed by atoms with E-state index in [9.17, 15) is 4.79 Å². The van der Waals surface area contributed by atoms with E-state index < -0.39 is 5.97 Å². The second-order valence-corrected chi connectivity index (χ2v) is 3.92. The third-order valence-corrected chi connectivity index (χ3v) is 2.71. The van der Waals surface area contributed by atoms with Gasteiger partial charge >= 0.3 is 5.97 Å². The summed E-state index contributed by atoms with van der Waals surface area (Å²) in [4.78, 5) is 16.0. The Morgan fingerprint density at radius 3 is 2.69 bits per heavy atom. The summed E-state index contributed by atoms with van der Waals surface area (Å²) >= 11 is 6.02. The Bertz CT molecular complexity index is 359. The van der Waals surface area contributed by atoms with Crippen molar-refractivity contribution in [3.8, 4) is 0 Å². The molecular weight excluding hydrogens is 208 g/mol. The molecule has 0 amide bonds. The van der Waals surface area contributed by atoms with Crippen LogP contribution in [0.4, 0.5) is 0 Å². The molecular formula is C7H8N2O2S2. The van der Waals surface area contributed by atoms with E-state index in [0.29, 0.717) is 5.01 Å². The highest BCUT2D eigenvalue weighted by Crippen LogP contribution is 2.17. The molecule has 13 heavy (non-hydrogen) atoms. The third-order valence-electron chi connectivity index (χ3n) is 1.39. The summed E-state index contributed by atoms with van der Waals surface area (Å²) in [6.07, 6.45) is 0. The van der Waals surface area contributed by atoms with Gasteiger partial charge in [-0.3, -0.25) is 0 Å². The zero-order chi connectivity index (χ0) is 10.0. The molecule has 0 aliphatic carbocycles. The maximum Gasteiger partial charge on any atom is 0.357 e. The molecule has 0 fully saturated rings. The number of carbonyl (C=O) groups excluding carboxylic acids is 1. The van der Waals surface area contributed by atoms with Crippen LogP contribution in [0, 0.1) is 6.92 Å². The van der Waals surface area contributed by atoms with Crippen molar-refractivity contribution in [3.63, 3.8) is 0 Å². The number of hydrogen-bond donors (Lipinski definition) is 1. The Morgan fingerprint density at radius 2 is 2.31 bits per heavy atom. The molecule has 0 saturated carbocycles. The number of nitrogens with two attached hydrogens (primary N) is 1. The van der Waals surface area contributed by atoms with Crippen LogP contribution in [-0.4, -0.2) is 23.1 Å². The molecule has 0 bridgehead atoms. The summed E-state index contributed by atoms with van der Waals surface area (Å²) in [6.45, 7) is 1.77. The van der Waals surface area contributed by atoms with Gasteiger partial charge in [-0.1, -0.05) is 12.2 Å². The van der Waals surface area contributed by atoms with Crippen LogP contribution in [-0.2, 0) is 4.74 Å². The lowest BCUT2D eigenvalue weighted by Gasteiger charge is -1.93. The molecule has 1 rings (SSSR count). The molecule has 70 valence electrons. The predicted octanol–water partition coefficient (Wildman–Crippen LogP) is 0.872. The van der Waals surface area contributed by atoms with Gasteiger partial charge in [0.15, 0.2) is 10.7 Å². The standard InChI is InChI=1S/C7H8N2O2S2/c1-3-4(7(10)11-2)9-6(13-3)5(8)12/h1-2H3,(H2,8,12). The normalized spacial score (nSPS) is 9.69. The minimum atomic E-state index is -0.462. The number of thiocarbonyl (C=S) groups is 1. The van der Waals surface area contributed by atoms with E-state index in [-0.39, 0.29) is 10.7 Å². The Kier molecular flexibility index (Phi) is 2.94. The second-order valence-electron chi connectivity index (χ2n) is 2.28. The van der Waals surface area contributed by atoms with E-state index in [0.717, 1.165) is 4.88 Å². The summed E-state index contributed by atoms with van der Waals surface area (Å²) in [5.41, 5.74) is 5.65. The van der Waals surface area contributed by atoms with Crippen molar-refractivity contribution in [2.75, 3.05) is 7.11 Å². The first-order valence-electron chi connectivity index (χ1n) is 3.41. The van der Waals surface area contributed by atoms with Gasteiger partial charge in [0.1, 0.15) is 4.99 Å². The van der Waals surface area contributed by atoms with E-state index in [4.69, 9.17) is 18.0 Å². The average molecular weight is 216 g/mol. The predicted molar refractivity (Wildman–Crippen MR) is 54.1 cm³/mol. The van der Waals surface area contributed by atoms with Crippen LogP contribution in [0.15, 0.2) is 0 Å². The zero-order valence-corrected chi connectivity index (χ0v) is 8.79. The van der Waals surface area contributed by atoms with Crippen LogP contribution in [0.1, 0.15) is 20.4 Å². The van der Waals surface area contributed by atoms with Crippen LogP contribution < -0.4 is 5.73 Å². The van der Waals surface area contributed by atoms with Crippen molar-refractivity contribution in [2.24, 2.45) is 5.73 Å². The van der Waals surface area contributed by atoms with Gasteiger partial charge in [0.05, 0.1) is 7.11 Å². The number of aryl methyl sites for hydroxylation is 1. The fourth-order valence-corrected chi connectivity index (χ4v) is 1.71. The summed E-state index contributed by atoms with van der Waals surface area (Å²) < 4.78 is 4.53. The van der Waals surface area contributed by atoms with Crippen molar-refractivity contribution < 1.29 is 9.53 Å². The van der Waals surface area contributed by atoms with Gasteiger partial charge in [-0.2, -0.15) is 0 Å². The van der Waals surface area contributed by atoms with Gasteiger partial charge in [-0.25, -0.2) is 9.78 Å². The highest BCUT2D eigenvalue weighted by Gasteiger charge is 2.16. The maximum absolute atomic E-state index is 11.1. The van der Waals surface area contributed by atoms with Gasteiger partial charge in [0.2, 0.25) is 0 Å². The van der Waals surface area contributed by atoms with Gasteiger partial charge in [-0.15, -0.1) is 11.3 Å². The van der Waals surface area contributed by atoms with Crippen LogP contribution in [0.25, 0.3) is 0 Å². The molecule has 0 atom stereocenters. The van der Waals surface area contributed by atoms with Crippen molar-refractivity contribution in [1.29, 1.82) is 0 Å². The first kappa shape index (κ1) is 10.1. The Morgan fingerprint density at radius 1 is 1.69 bits per heavy atom. The summed E-state index contributed by atoms with van der Waals surface area (Å²) in [6, 6.07) is 0. The van der Waals surface area contributed by atoms with Crippen molar-refractivity contribution in [1.82, 2.24) is 4.98 Å². The number of thiazole rings is 1. The number of hydrogen-bond acceptors (Lipinski definition) is 5. The van der Waals surface area contributed by atoms with Gasteiger partial charge < -0.3 is 10.5 Å². The van der Waals surface area contributed by atoms with Gasteiger partial charge in [0.25, 0.3) is 0 Å². The Hall–Kier alpha value is -1.01. The summed E-state index contributed by atoms with van der Waals surface area (Å²) in [5, 5.41) is 0.493. The number of esters is 1. The molecule has 1 heterocycles. The fraction of sp³-hybridized carbons (Fsp3) is 0.286. The number of rotatable bonds is 2. The van der Waals surface area contributed by atoms with E-state index >= 15 is 0 Å². The molecule has 0 aromatic carbocycles. The fourth-order valence-electron chi connectivity index (χ4n) is 0.788. The van der Waals surface area contributed by atoms with E-state index in [2.05, 4.69) is 9.72 Å². The molecule has 0 spiro atoms. The van der Waals surface area contributed by atoms with E-state index in [1.54, 1.807) is 6.92 Å². The minimum absolute atomic E-state index is 0.197. The lowest BCUT2D eigenvalue weighted by molar-refractivity contribution is 0.0594. The summed E-state index contributed by atoms with van der Waals surface area (Å²) in [5.74, 6) is -0.462. The first-order valence-corrected chi connectivity index (χ1v) is 4.64. The maximum atomic E-state index is 11.1. The summed E-state index contributed by atoms with van der Waals surface area (Å²) in [7, 11) is 1.31. The number of ether oxygens (including phenoxy) is 1. The largest absolute Gasteiger partial charge is 0.464 e. The van der Waals surface area contributed by atoms with E-state index in [1.165, 1.54) is 18.4 Å². The minimum Gasteiger partial charge on any atom is -0.464 e. The number of nitrogens with zero attached hydrogens (tertiary/aromatic N) is 1. The molecule has 2 N–H and O–H groups in total. The SMILES string of the molecule is COC(=O)c1nc(C(N)=S)sc1C. The molecule has 0 aliphatic rings. The van der Waals surface area contributed by atoms with Gasteiger partial charge in [-0.05, 0) is 6.92 Å². The smallest absolute Gasteiger partial charge is 0.357 e. The Labute approximate surface area is 84.7 Å². The topological polar surface area (TPSA) is 65.2 Å². The monoisotopic (exact) mass is 216 g/mol. The second kappa shape index (κ2) is 3.80. The molecule has 0 saturated heterocycles. The Balaban J connectivity index is 3.10. The average Bonchev–Trinajstić information content (AvgIpc) is 2.46. The zero-order valence-electron chi connectivity index (χ0n) is 7.16. The molecule has 1 aromatic rings. The van der Waals surface area contributed by atoms with Gasteiger partial charge in [0, 0.05) is 4.88 Å². The van der Waals surface area contributed by atoms with Crippen LogP contribution in [0.5, 0.6) is 0 Å². The lowest BCUT2D eigenvalue weighted by Crippen LogP contribution is -2.10.